The van der Waals surface area contributed by atoms with Gasteiger partial charge >= 0.3 is 6.03 Å². The molecule has 0 radical (unpaired) electrons. The van der Waals surface area contributed by atoms with Gasteiger partial charge in [-0.3, -0.25) is 57.9 Å². The Morgan fingerprint density at radius 1 is 0.465 bits per heavy atom. The van der Waals surface area contributed by atoms with Crippen molar-refractivity contribution in [2.45, 2.75) is 375 Å². The van der Waals surface area contributed by atoms with Crippen LogP contribution in [0.4, 0.5) is 9.93 Å². The highest BCUT2D eigenvalue weighted by Gasteiger charge is 2.27. The zero-order chi connectivity index (χ0) is 112. The Hall–Kier alpha value is -12.5. The largest absolute Gasteiger partial charge is 0.472 e. The molecule has 10 heterocycles. The van der Waals surface area contributed by atoms with E-state index in [1.807, 2.05) is 322 Å². The van der Waals surface area contributed by atoms with Gasteiger partial charge in [-0.05, 0) is 369 Å². The molecule has 16 N–H and O–H groups in total. The number of urea groups is 1. The van der Waals surface area contributed by atoms with Crippen LogP contribution in [0.1, 0.15) is 381 Å². The average Bonchev–Trinajstić information content (AvgIpc) is 1.72. The monoisotopic (exact) mass is 2060 g/mol. The first-order chi connectivity index (χ1) is 65.2. The summed E-state index contributed by atoms with van der Waals surface area (Å²) in [5.41, 5.74) is 5.07. The molecule has 39 heteroatoms. The van der Waals surface area contributed by atoms with E-state index in [0.29, 0.717) is 62.7 Å². The number of thiophene rings is 1. The highest BCUT2D eigenvalue weighted by Crippen LogP contribution is 2.20. The smallest absolute Gasteiger partial charge is 0.315 e. The Labute approximate surface area is 864 Å². The van der Waals surface area contributed by atoms with Crippen LogP contribution < -0.4 is 68.5 Å². The summed E-state index contributed by atoms with van der Waals surface area (Å²) in [4.78, 5) is 130. The molecule has 36 nitrogen and oxygen atoms in total. The molecule has 0 atom stereocenters. The number of furan rings is 2. The third-order valence-corrected chi connectivity index (χ3v) is 19.2. The van der Waals surface area contributed by atoms with E-state index in [1.54, 1.807) is 105 Å². The number of aromatic amines is 3. The van der Waals surface area contributed by atoms with E-state index >= 15 is 0 Å². The van der Waals surface area contributed by atoms with E-state index in [0.717, 1.165) is 27.8 Å². The minimum atomic E-state index is -3.31. The lowest BCUT2D eigenvalue weighted by Crippen LogP contribution is -2.52. The van der Waals surface area contributed by atoms with E-state index in [9.17, 15) is 56.4 Å². The maximum absolute atomic E-state index is 11.9. The lowest BCUT2D eigenvalue weighted by molar-refractivity contribution is 0.0884. The van der Waals surface area contributed by atoms with E-state index in [-0.39, 0.29) is 120 Å². The summed E-state index contributed by atoms with van der Waals surface area (Å²) in [5.74, 6) is -0.400. The number of thiazole rings is 1. The van der Waals surface area contributed by atoms with Crippen LogP contribution in [0.5, 0.6) is 0 Å². The number of aromatic nitrogens is 9. The summed E-state index contributed by atoms with van der Waals surface area (Å²) in [7, 11) is -1.46. The number of amides is 11. The molecule has 0 saturated heterocycles. The summed E-state index contributed by atoms with van der Waals surface area (Å²) in [6.07, 6.45) is 14.3. The fourth-order valence-corrected chi connectivity index (χ4v) is 14.0. The number of hydrogen-bond acceptors (Lipinski definition) is 21. The summed E-state index contributed by atoms with van der Waals surface area (Å²) >= 11 is 2.82. The second kappa shape index (κ2) is 57.3. The molecule has 804 valence electrons. The number of anilines is 1. The fraction of sp³-hybridized carbons (Fsp3) is 0.543. The molecule has 0 aromatic carbocycles. The maximum Gasteiger partial charge on any atom is 0.315 e. The number of rotatable bonds is 14. The molecule has 144 heavy (non-hydrogen) atoms. The van der Waals surface area contributed by atoms with E-state index in [1.165, 1.54) is 47.7 Å². The van der Waals surface area contributed by atoms with Gasteiger partial charge in [0.1, 0.15) is 29.0 Å². The zero-order valence-electron chi connectivity index (χ0n) is 93.8. The minimum absolute atomic E-state index is 0.0145. The van der Waals surface area contributed by atoms with Crippen molar-refractivity contribution >= 4 is 97.0 Å². The van der Waals surface area contributed by atoms with Gasteiger partial charge in [0.25, 0.3) is 53.2 Å². The van der Waals surface area contributed by atoms with Crippen LogP contribution in [0.15, 0.2) is 159 Å². The Morgan fingerprint density at radius 2 is 0.931 bits per heavy atom. The molecule has 10 aromatic rings. The van der Waals surface area contributed by atoms with Crippen molar-refractivity contribution in [3.63, 3.8) is 0 Å². The molecule has 0 saturated carbocycles. The SMILES string of the molecule is CC(C)(C)NC(=O)NC(C)(C)C.CC(C)(C)NC(=O)c1ccc[nH]1.CC(C)(C)NC(=O)c1cccnc1.CC(C)(C)NC(=O)c1ccco1.CC(C)(C)NC(=O)c1ccoc1.CC(C)(C)NC(=O)c1cn[nH]c1.CC(C)(C)NS(=O)(=O)c1ccsc1.CC(C)Nc1nc(C(=O)NC(C)(C)C)cs1.CCn1nc(C)cc1C(=O)NC(C)(C)C.Cc1cc(C(=O)NC(C)(C)C)c(C)[nH]1.Cn1cccc1C(=O)NC(C)(C)C. The molecule has 0 spiro atoms. The highest BCUT2D eigenvalue weighted by atomic mass is 32.2. The molecule has 11 amide bonds. The van der Waals surface area contributed by atoms with Crippen LogP contribution in [-0.4, -0.2) is 185 Å². The van der Waals surface area contributed by atoms with Crippen LogP contribution in [0.3, 0.4) is 0 Å². The van der Waals surface area contributed by atoms with Crippen molar-refractivity contribution in [1.82, 2.24) is 108 Å². The first-order valence-corrected chi connectivity index (χ1v) is 50.7. The standard InChI is InChI=1S/C11H19N3OS.C11H19N3O.C11H18N2O.C10H16N2O.C10H14N2O.C9H14N2O.C9H20N2O.2C9H13NO2.C8H13N3O.C8H13NO2S2/c1-7(2)12-10-13-8(6-16-10)9(15)14-11(3,4)5;1-6-14-9(7-8(2)13-14)10(15)12-11(3,4)5;1-7-6-9(8(2)12-7)10(14)13-11(3,4)5;1-10(2,3)11-9(13)8-6-5-7-12(8)4;1-10(2,3)12-9(13)8-5-4-6-11-7-8;1-9(2,3)11-8(12)7-5-4-6-10-7;1-8(2,3)10-7(12)11-9(4,5)6;1-9(2,3)10-8(11)7-4-5-12-6-7;1-9(2,3)10-8(11)7-5-4-6-12-7;1-8(2,3)11-7(12)6-4-9-10-5-6;1-8(2,3)9-13(10,11)7-4-5-12-6-7/h6-7H,1-5H3,(H,12,13)(H,14,15);7H,6H2,1-5H3,(H,12,15);6,12H,1-5H3,(H,13,14);5-7H,1-4H3,(H,11,13);4-7H,1-3H3,(H,12,13);4-6,10H,1-3H3,(H,11,12);1-6H3,(H2,10,11,12);2*4-6H,1-3H3,(H,10,11);4-5H,1-3H3,(H,9,10)(H,11,12);4-6,9H,1-3H3. The number of aryl methyl sites for hydroxylation is 5. The van der Waals surface area contributed by atoms with Crippen molar-refractivity contribution in [2.24, 2.45) is 7.05 Å². The third kappa shape index (κ3) is 64.2. The van der Waals surface area contributed by atoms with Crippen LogP contribution >= 0.6 is 22.7 Å². The van der Waals surface area contributed by atoms with Crippen LogP contribution in [0.2, 0.25) is 0 Å². The number of carbonyl (C=O) groups excluding carboxylic acids is 10. The first kappa shape index (κ1) is 132. The van der Waals surface area contributed by atoms with Crippen LogP contribution in [0, 0.1) is 20.8 Å². The molecule has 0 aliphatic carbocycles. The van der Waals surface area contributed by atoms with Gasteiger partial charge < -0.3 is 87.2 Å². The molecule has 10 aromatic heterocycles. The van der Waals surface area contributed by atoms with Crippen molar-refractivity contribution in [3.8, 4) is 0 Å². The molecule has 0 unspecified atom stereocenters. The molecule has 0 fully saturated rings. The highest BCUT2D eigenvalue weighted by molar-refractivity contribution is 7.89. The normalized spacial score (nSPS) is 11.6. The van der Waals surface area contributed by atoms with E-state index in [2.05, 4.69) is 104 Å². The van der Waals surface area contributed by atoms with Crippen LogP contribution in [-0.2, 0) is 23.6 Å². The number of pyridine rings is 1. The third-order valence-electron chi connectivity index (χ3n) is 15.8. The number of nitrogens with zero attached hydrogens (tertiary/aromatic N) is 6. The first-order valence-electron chi connectivity index (χ1n) is 47.4. The number of sulfonamides is 1. The topological polar surface area (TPSA) is 496 Å². The molecule has 0 aliphatic rings. The van der Waals surface area contributed by atoms with Gasteiger partial charge in [0.05, 0.1) is 51.6 Å². The second-order valence-corrected chi connectivity index (χ2v) is 49.7. The van der Waals surface area contributed by atoms with Crippen molar-refractivity contribution in [2.75, 3.05) is 5.32 Å². The van der Waals surface area contributed by atoms with Gasteiger partial charge in [-0.25, -0.2) is 22.9 Å². The second-order valence-electron chi connectivity index (χ2n) is 46.4. The van der Waals surface area contributed by atoms with Gasteiger partial charge in [0.2, 0.25) is 10.0 Å². The Bertz CT molecular complexity index is 5360. The number of H-pyrrole nitrogens is 3. The summed E-state index contributed by atoms with van der Waals surface area (Å²) in [5, 5.41) is 51.0. The van der Waals surface area contributed by atoms with E-state index in [4.69, 9.17) is 8.83 Å². The van der Waals surface area contributed by atoms with E-state index < -0.39 is 15.6 Å². The maximum atomic E-state index is 11.9. The van der Waals surface area contributed by atoms with Crippen LogP contribution in [0.25, 0.3) is 0 Å². The predicted molar refractivity (Wildman–Crippen MR) is 581 cm³/mol. The van der Waals surface area contributed by atoms with Gasteiger partial charge in [0.15, 0.2) is 10.9 Å². The Balaban J connectivity index is 0.00000156. The average molecular weight is 2060 g/mol. The zero-order valence-corrected chi connectivity index (χ0v) is 96.2. The summed E-state index contributed by atoms with van der Waals surface area (Å²) in [6.45, 7) is 82.3. The van der Waals surface area contributed by atoms with Crippen molar-refractivity contribution in [1.29, 1.82) is 0 Å². The molecular weight excluding hydrogens is 1890 g/mol. The summed E-state index contributed by atoms with van der Waals surface area (Å²) in [6, 6.07) is 21.2. The molecular formula is C105H172N22O14S3. The lowest BCUT2D eigenvalue weighted by Gasteiger charge is -2.26. The van der Waals surface area contributed by atoms with Gasteiger partial charge in [-0.15, -0.1) is 11.3 Å². The molecule has 0 aliphatic heterocycles. The quantitative estimate of drug-likeness (QED) is 0.0481. The molecule has 0 bridgehead atoms. The van der Waals surface area contributed by atoms with Gasteiger partial charge in [-0.1, -0.05) is 0 Å². The van der Waals surface area contributed by atoms with Gasteiger partial charge in [0, 0.05) is 139 Å². The number of nitrogens with one attached hydrogen (secondary N) is 16. The summed E-state index contributed by atoms with van der Waals surface area (Å²) < 4.78 is 39.0. The molecule has 10 rings (SSSR count). The van der Waals surface area contributed by atoms with Crippen molar-refractivity contribution < 1.29 is 65.2 Å². The minimum Gasteiger partial charge on any atom is -0.472 e. The number of carbonyl (C=O) groups is 10. The Kier molecular flexibility index (Phi) is 52.3. The fourth-order valence-electron chi connectivity index (χ4n) is 10.7. The lowest BCUT2D eigenvalue weighted by atomic mass is 10.1. The van der Waals surface area contributed by atoms with Crippen molar-refractivity contribution in [3.05, 3.63) is 213 Å². The Morgan fingerprint density at radius 3 is 1.31 bits per heavy atom. The van der Waals surface area contributed by atoms with Gasteiger partial charge in [-0.2, -0.15) is 21.5 Å². The number of hydrogen-bond donors (Lipinski definition) is 16. The predicted octanol–water partition coefficient (Wildman–Crippen LogP) is 19.4.